The molecule has 0 aromatic carbocycles. The average molecular weight is 738 g/mol. The summed E-state index contributed by atoms with van der Waals surface area (Å²) < 4.78 is 33.2. The van der Waals surface area contributed by atoms with Gasteiger partial charge in [0.15, 0.2) is 36.2 Å². The SMILES string of the molecule is C[n+]1cccc(-c2nsnc2OCCCCCCCOc2nsnc2-c2ccc[n+](C)c2)c1.[I-].[I-]. The second kappa shape index (κ2) is 15.6. The predicted molar refractivity (Wildman–Crippen MR) is 127 cm³/mol. The van der Waals surface area contributed by atoms with Crippen LogP contribution in [0.1, 0.15) is 32.1 Å². The minimum absolute atomic E-state index is 0. The quantitative estimate of drug-likeness (QED) is 0.0934. The van der Waals surface area contributed by atoms with Gasteiger partial charge in [-0.3, -0.25) is 0 Å². The van der Waals surface area contributed by atoms with Crippen LogP contribution in [0, 0.1) is 0 Å². The zero-order valence-electron chi connectivity index (χ0n) is 19.6. The number of ether oxygens (including phenoxy) is 2. The zero-order valence-corrected chi connectivity index (χ0v) is 25.6. The number of pyridine rings is 2. The molecule has 0 spiro atoms. The standard InChI is InChI=1S/C23H28N6O2S2.2HI/c1-28-12-8-10-18(16-28)20-22(26-32-24-20)30-14-6-4-3-5-7-15-31-23-21(25-33-27-23)19-11-9-13-29(2)17-19;;/h8-13,16-17H,3-7,14-15H2,1-2H3;2*1H/q+2;;/p-2. The molecular weight excluding hydrogens is 710 g/mol. The molecule has 0 fully saturated rings. The number of rotatable bonds is 12. The highest BCUT2D eigenvalue weighted by Gasteiger charge is 2.15. The molecule has 0 radical (unpaired) electrons. The van der Waals surface area contributed by atoms with E-state index < -0.39 is 0 Å². The fourth-order valence-electron chi connectivity index (χ4n) is 3.43. The molecule has 0 aliphatic heterocycles. The third-order valence-electron chi connectivity index (χ3n) is 5.11. The number of nitrogens with zero attached hydrogens (tertiary/aromatic N) is 6. The Bertz CT molecular complexity index is 1080. The Balaban J connectivity index is 0.00000216. The van der Waals surface area contributed by atoms with Crippen LogP contribution in [0.2, 0.25) is 0 Å². The van der Waals surface area contributed by atoms with Gasteiger partial charge in [-0.2, -0.15) is 8.75 Å². The highest BCUT2D eigenvalue weighted by molar-refractivity contribution is 6.99. The van der Waals surface area contributed by atoms with Crippen molar-refractivity contribution in [3.8, 4) is 34.3 Å². The minimum Gasteiger partial charge on any atom is -1.00 e. The lowest BCUT2D eigenvalue weighted by molar-refractivity contribution is -0.671. The maximum absolute atomic E-state index is 5.90. The lowest BCUT2D eigenvalue weighted by atomic mass is 10.1. The van der Waals surface area contributed by atoms with Crippen molar-refractivity contribution >= 4 is 23.5 Å². The Hall–Kier alpha value is -1.52. The van der Waals surface area contributed by atoms with Crippen molar-refractivity contribution in [3.63, 3.8) is 0 Å². The van der Waals surface area contributed by atoms with Crippen LogP contribution in [0.5, 0.6) is 11.8 Å². The number of unbranched alkanes of at least 4 members (excludes halogenated alkanes) is 4. The van der Waals surface area contributed by atoms with Crippen molar-refractivity contribution < 1.29 is 66.6 Å². The van der Waals surface area contributed by atoms with Gasteiger partial charge < -0.3 is 57.4 Å². The highest BCUT2D eigenvalue weighted by Crippen LogP contribution is 2.28. The number of hydrogen-bond donors (Lipinski definition) is 0. The Morgan fingerprint density at radius 2 is 1.09 bits per heavy atom. The van der Waals surface area contributed by atoms with Gasteiger partial charge in [0.05, 0.1) is 47.8 Å². The molecule has 0 saturated heterocycles. The second-order valence-corrected chi connectivity index (χ2v) is 8.87. The van der Waals surface area contributed by atoms with E-state index in [1.54, 1.807) is 0 Å². The summed E-state index contributed by atoms with van der Waals surface area (Å²) in [7, 11) is 3.98. The summed E-state index contributed by atoms with van der Waals surface area (Å²) in [6.45, 7) is 1.30. The Morgan fingerprint density at radius 1 is 0.657 bits per heavy atom. The average Bonchev–Trinajstić information content (AvgIpc) is 3.47. The van der Waals surface area contributed by atoms with Crippen molar-refractivity contribution in [2.75, 3.05) is 13.2 Å². The van der Waals surface area contributed by atoms with Gasteiger partial charge >= 0.3 is 0 Å². The first kappa shape index (κ1) is 29.7. The molecule has 0 unspecified atom stereocenters. The molecular formula is C23H28I2N6O2S2. The third kappa shape index (κ3) is 8.82. The van der Waals surface area contributed by atoms with E-state index >= 15 is 0 Å². The Labute approximate surface area is 248 Å². The molecule has 0 bridgehead atoms. The van der Waals surface area contributed by atoms with Crippen molar-refractivity contribution in [2.24, 2.45) is 14.1 Å². The van der Waals surface area contributed by atoms with E-state index in [1.165, 1.54) is 23.5 Å². The van der Waals surface area contributed by atoms with Crippen molar-refractivity contribution in [1.29, 1.82) is 0 Å². The Kier molecular flexibility index (Phi) is 13.2. The second-order valence-electron chi connectivity index (χ2n) is 7.82. The molecule has 35 heavy (non-hydrogen) atoms. The normalized spacial score (nSPS) is 10.3. The fraction of sp³-hybridized carbons (Fsp3) is 0.391. The van der Waals surface area contributed by atoms with Gasteiger partial charge in [-0.25, -0.2) is 9.13 Å². The summed E-state index contributed by atoms with van der Waals surface area (Å²) in [5.74, 6) is 1.25. The van der Waals surface area contributed by atoms with E-state index in [9.17, 15) is 0 Å². The summed E-state index contributed by atoms with van der Waals surface area (Å²) in [6.07, 6.45) is 13.4. The molecule has 0 atom stereocenters. The molecule has 4 aromatic rings. The number of hydrogen-bond acceptors (Lipinski definition) is 8. The van der Waals surface area contributed by atoms with Crippen LogP contribution >= 0.6 is 23.5 Å². The topological polar surface area (TPSA) is 77.8 Å². The third-order valence-corrected chi connectivity index (χ3v) is 6.13. The van der Waals surface area contributed by atoms with Gasteiger partial charge in [-0.15, -0.1) is 8.75 Å². The van der Waals surface area contributed by atoms with Crippen molar-refractivity contribution in [2.45, 2.75) is 32.1 Å². The zero-order chi connectivity index (χ0) is 22.9. The van der Waals surface area contributed by atoms with Crippen LogP contribution in [-0.4, -0.2) is 30.7 Å². The smallest absolute Gasteiger partial charge is 0.254 e. The van der Waals surface area contributed by atoms with Crippen LogP contribution < -0.4 is 66.6 Å². The van der Waals surface area contributed by atoms with Crippen LogP contribution in [0.3, 0.4) is 0 Å². The van der Waals surface area contributed by atoms with E-state index in [0.717, 1.165) is 54.6 Å². The first-order valence-electron chi connectivity index (χ1n) is 11.0. The lowest BCUT2D eigenvalue weighted by Gasteiger charge is -2.06. The van der Waals surface area contributed by atoms with Gasteiger partial charge in [0.1, 0.15) is 14.1 Å². The van der Waals surface area contributed by atoms with Crippen LogP contribution in [0.15, 0.2) is 49.1 Å². The van der Waals surface area contributed by atoms with E-state index in [1.807, 2.05) is 72.3 Å². The van der Waals surface area contributed by atoms with Gasteiger partial charge in [0, 0.05) is 12.1 Å². The van der Waals surface area contributed by atoms with Gasteiger partial charge in [0.25, 0.3) is 11.8 Å². The fourth-order valence-corrected chi connectivity index (χ4v) is 4.47. The van der Waals surface area contributed by atoms with E-state index in [4.69, 9.17) is 9.47 Å². The van der Waals surface area contributed by atoms with Crippen LogP contribution in [0.4, 0.5) is 0 Å². The van der Waals surface area contributed by atoms with E-state index in [-0.39, 0.29) is 48.0 Å². The number of aromatic nitrogens is 6. The largest absolute Gasteiger partial charge is 1.00 e. The van der Waals surface area contributed by atoms with Crippen molar-refractivity contribution in [1.82, 2.24) is 17.5 Å². The van der Waals surface area contributed by atoms with Gasteiger partial charge in [-0.05, 0) is 25.0 Å². The molecule has 4 aromatic heterocycles. The summed E-state index contributed by atoms with van der Waals surface area (Å²) >= 11 is 2.37. The first-order valence-corrected chi connectivity index (χ1v) is 12.5. The molecule has 4 rings (SSSR count). The monoisotopic (exact) mass is 738 g/mol. The molecule has 0 amide bonds. The molecule has 188 valence electrons. The minimum atomic E-state index is 0. The number of aryl methyl sites for hydroxylation is 2. The van der Waals surface area contributed by atoms with Crippen LogP contribution in [-0.2, 0) is 14.1 Å². The molecule has 0 aliphatic rings. The summed E-state index contributed by atoms with van der Waals surface area (Å²) in [5, 5.41) is 0. The molecule has 0 N–H and O–H groups in total. The summed E-state index contributed by atoms with van der Waals surface area (Å²) in [5.41, 5.74) is 3.66. The molecule has 0 saturated carbocycles. The summed E-state index contributed by atoms with van der Waals surface area (Å²) in [6, 6.07) is 8.04. The maximum atomic E-state index is 5.90. The molecule has 8 nitrogen and oxygen atoms in total. The molecule has 4 heterocycles. The first-order chi connectivity index (χ1) is 16.2. The van der Waals surface area contributed by atoms with Gasteiger partial charge in [0.2, 0.25) is 0 Å². The predicted octanol–water partition coefficient (Wildman–Crippen LogP) is -2.21. The lowest BCUT2D eigenvalue weighted by Crippen LogP contribution is -3.00. The van der Waals surface area contributed by atoms with E-state index in [2.05, 4.69) is 17.5 Å². The Morgan fingerprint density at radius 3 is 1.51 bits per heavy atom. The number of halogens is 2. The van der Waals surface area contributed by atoms with Gasteiger partial charge in [-0.1, -0.05) is 19.3 Å². The van der Waals surface area contributed by atoms with E-state index in [0.29, 0.717) is 25.0 Å². The summed E-state index contributed by atoms with van der Waals surface area (Å²) in [4.78, 5) is 0. The van der Waals surface area contributed by atoms with Crippen molar-refractivity contribution in [3.05, 3.63) is 49.1 Å². The molecule has 12 heteroatoms. The van der Waals surface area contributed by atoms with Crippen LogP contribution in [0.25, 0.3) is 22.5 Å². The highest BCUT2D eigenvalue weighted by atomic mass is 127. The molecule has 0 aliphatic carbocycles. The maximum Gasteiger partial charge on any atom is 0.254 e.